The highest BCUT2D eigenvalue weighted by Gasteiger charge is 2.24. The molecular weight excluding hydrogens is 446 g/mol. The number of nitriles is 1. The number of hydrogen-bond acceptors (Lipinski definition) is 8. The van der Waals surface area contributed by atoms with Crippen molar-refractivity contribution in [1.29, 1.82) is 5.26 Å². The normalized spacial score (nSPS) is 15.8. The van der Waals surface area contributed by atoms with Gasteiger partial charge in [-0.15, -0.1) is 0 Å². The molecule has 0 unspecified atom stereocenters. The molecule has 0 aliphatic carbocycles. The van der Waals surface area contributed by atoms with Crippen molar-refractivity contribution >= 4 is 23.8 Å². The summed E-state index contributed by atoms with van der Waals surface area (Å²) in [5.74, 6) is 7.71. The third-order valence-electron chi connectivity index (χ3n) is 5.70. The Bertz CT molecular complexity index is 1190. The number of nitrogens with zero attached hydrogens (tertiary/aromatic N) is 8. The van der Waals surface area contributed by atoms with E-state index in [2.05, 4.69) is 47.3 Å². The van der Waals surface area contributed by atoms with Gasteiger partial charge in [-0.05, 0) is 19.1 Å². The molecule has 0 aromatic carbocycles. The average molecular weight is 474 g/mol. The van der Waals surface area contributed by atoms with E-state index in [0.717, 1.165) is 11.1 Å². The van der Waals surface area contributed by atoms with Crippen LogP contribution in [0.15, 0.2) is 29.5 Å². The molecule has 2 aliphatic heterocycles. The van der Waals surface area contributed by atoms with Crippen LogP contribution in [-0.2, 0) is 0 Å². The van der Waals surface area contributed by atoms with Crippen molar-refractivity contribution < 1.29 is 4.79 Å². The molecule has 35 heavy (non-hydrogen) atoms. The summed E-state index contributed by atoms with van der Waals surface area (Å²) in [6, 6.07) is 3.65. The van der Waals surface area contributed by atoms with E-state index in [0.29, 0.717) is 69.8 Å². The van der Waals surface area contributed by atoms with E-state index >= 15 is 0 Å². The van der Waals surface area contributed by atoms with Crippen molar-refractivity contribution in [3.8, 4) is 18.0 Å². The number of amides is 2. The topological polar surface area (TPSA) is 152 Å². The Morgan fingerprint density at radius 1 is 1.26 bits per heavy atom. The number of carbonyl (C=O) groups excluding carboxylic acids is 1. The molecule has 2 amide bonds. The number of rotatable bonds is 4. The Labute approximate surface area is 203 Å². The number of urea groups is 1. The van der Waals surface area contributed by atoms with Gasteiger partial charge in [-0.3, -0.25) is 15.3 Å². The number of aryl methyl sites for hydroxylation is 1. The predicted molar refractivity (Wildman–Crippen MR) is 131 cm³/mol. The lowest BCUT2D eigenvalue weighted by Crippen LogP contribution is -2.52. The van der Waals surface area contributed by atoms with Crippen molar-refractivity contribution in [2.75, 3.05) is 63.0 Å². The minimum absolute atomic E-state index is 0.0783. The van der Waals surface area contributed by atoms with Crippen LogP contribution in [0.2, 0.25) is 0 Å². The van der Waals surface area contributed by atoms with Crippen LogP contribution in [0.1, 0.15) is 16.8 Å². The Kier molecular flexibility index (Phi) is 7.43. The van der Waals surface area contributed by atoms with Crippen LogP contribution < -0.4 is 21.3 Å². The van der Waals surface area contributed by atoms with Crippen LogP contribution in [0.4, 0.5) is 16.6 Å². The lowest BCUT2D eigenvalue weighted by atomic mass is 10.1. The van der Waals surface area contributed by atoms with Gasteiger partial charge in [0.1, 0.15) is 5.82 Å². The standard InChI is InChI=1S/C23H27N11O/c1-17-19(5-4-18-3-2-6-26-15-18)20(31-21(25)30-17)32-11-13-33(14-12-32)22(29-16-24)27-7-9-34-10-8-28-23(34)35/h2-3,6,15H,7-14H2,1H3,(H,27,29)(H,28,35)(H2,25,30,31). The SMILES string of the molecule is Cc1nc(N)nc(N2CCN(C(=NCCN3CCNC3=O)NC#N)CC2)c1C#Cc1cccnc1. The molecule has 12 nitrogen and oxygen atoms in total. The van der Waals surface area contributed by atoms with Gasteiger partial charge in [0, 0.05) is 63.8 Å². The zero-order chi connectivity index (χ0) is 24.6. The van der Waals surface area contributed by atoms with Gasteiger partial charge in [-0.25, -0.2) is 9.78 Å². The van der Waals surface area contributed by atoms with Crippen molar-refractivity contribution in [2.24, 2.45) is 4.99 Å². The number of nitrogens with two attached hydrogens (primary N) is 1. The molecule has 0 atom stereocenters. The summed E-state index contributed by atoms with van der Waals surface area (Å²) in [6.45, 7) is 6.61. The summed E-state index contributed by atoms with van der Waals surface area (Å²) in [6.07, 6.45) is 5.37. The molecule has 2 aliphatic rings. The molecule has 2 aromatic heterocycles. The van der Waals surface area contributed by atoms with Crippen LogP contribution in [-0.4, -0.2) is 89.1 Å². The largest absolute Gasteiger partial charge is 0.368 e. The third kappa shape index (κ3) is 5.86. The zero-order valence-electron chi connectivity index (χ0n) is 19.5. The van der Waals surface area contributed by atoms with Crippen molar-refractivity contribution in [1.82, 2.24) is 35.4 Å². The molecule has 4 rings (SSSR count). The number of hydrogen-bond donors (Lipinski definition) is 3. The number of nitrogens with one attached hydrogen (secondary N) is 2. The smallest absolute Gasteiger partial charge is 0.317 e. The first-order chi connectivity index (χ1) is 17.0. The number of piperazine rings is 1. The fourth-order valence-corrected chi connectivity index (χ4v) is 3.93. The molecule has 4 heterocycles. The second-order valence-electron chi connectivity index (χ2n) is 7.99. The average Bonchev–Trinajstić information content (AvgIpc) is 3.28. The first-order valence-corrected chi connectivity index (χ1v) is 11.3. The van der Waals surface area contributed by atoms with Gasteiger partial charge < -0.3 is 25.8 Å². The van der Waals surface area contributed by atoms with Crippen LogP contribution >= 0.6 is 0 Å². The second-order valence-corrected chi connectivity index (χ2v) is 7.99. The van der Waals surface area contributed by atoms with E-state index in [1.54, 1.807) is 17.3 Å². The maximum absolute atomic E-state index is 11.7. The lowest BCUT2D eigenvalue weighted by Gasteiger charge is -2.37. The van der Waals surface area contributed by atoms with Crippen molar-refractivity contribution in [2.45, 2.75) is 6.92 Å². The molecular formula is C23H27N11O. The van der Waals surface area contributed by atoms with Crippen molar-refractivity contribution in [3.05, 3.63) is 41.3 Å². The van der Waals surface area contributed by atoms with Crippen LogP contribution in [0.3, 0.4) is 0 Å². The molecule has 0 radical (unpaired) electrons. The Balaban J connectivity index is 1.45. The maximum Gasteiger partial charge on any atom is 0.317 e. The molecule has 180 valence electrons. The molecule has 0 bridgehead atoms. The van der Waals surface area contributed by atoms with E-state index in [4.69, 9.17) is 5.73 Å². The van der Waals surface area contributed by atoms with Gasteiger partial charge >= 0.3 is 6.03 Å². The fourth-order valence-electron chi connectivity index (χ4n) is 3.93. The van der Waals surface area contributed by atoms with Gasteiger partial charge in [0.2, 0.25) is 11.9 Å². The van der Waals surface area contributed by atoms with Gasteiger partial charge in [0.05, 0.1) is 17.8 Å². The predicted octanol–water partition coefficient (Wildman–Crippen LogP) is -0.264. The molecule has 2 aromatic rings. The summed E-state index contributed by atoms with van der Waals surface area (Å²) in [5.41, 5.74) is 8.20. The Morgan fingerprint density at radius 3 is 2.77 bits per heavy atom. The zero-order valence-corrected chi connectivity index (χ0v) is 19.5. The molecule has 2 saturated heterocycles. The van der Waals surface area contributed by atoms with Crippen LogP contribution in [0.5, 0.6) is 0 Å². The number of aliphatic imine (C=N–C) groups is 1. The summed E-state index contributed by atoms with van der Waals surface area (Å²) in [7, 11) is 0. The van der Waals surface area contributed by atoms with Gasteiger partial charge in [0.15, 0.2) is 6.19 Å². The highest BCUT2D eigenvalue weighted by atomic mass is 16.2. The fraction of sp³-hybridized carbons (Fsp3) is 0.391. The summed E-state index contributed by atoms with van der Waals surface area (Å²) < 4.78 is 0. The highest BCUT2D eigenvalue weighted by Crippen LogP contribution is 2.22. The van der Waals surface area contributed by atoms with Crippen LogP contribution in [0.25, 0.3) is 0 Å². The van der Waals surface area contributed by atoms with Crippen molar-refractivity contribution in [3.63, 3.8) is 0 Å². The summed E-state index contributed by atoms with van der Waals surface area (Å²) in [4.78, 5) is 35.0. The molecule has 4 N–H and O–H groups in total. The molecule has 0 spiro atoms. The third-order valence-corrected chi connectivity index (χ3v) is 5.70. The van der Waals surface area contributed by atoms with E-state index < -0.39 is 0 Å². The van der Waals surface area contributed by atoms with E-state index in [-0.39, 0.29) is 12.0 Å². The Morgan fingerprint density at radius 2 is 2.09 bits per heavy atom. The molecule has 2 fully saturated rings. The first kappa shape index (κ1) is 23.6. The lowest BCUT2D eigenvalue weighted by molar-refractivity contribution is 0.218. The number of nitrogen functional groups attached to an aromatic ring is 1. The Hall–Kier alpha value is -4.58. The number of aromatic nitrogens is 3. The summed E-state index contributed by atoms with van der Waals surface area (Å²) >= 11 is 0. The maximum atomic E-state index is 11.7. The highest BCUT2D eigenvalue weighted by molar-refractivity contribution is 5.82. The molecule has 0 saturated carbocycles. The minimum atomic E-state index is -0.0783. The molecule has 12 heteroatoms. The first-order valence-electron chi connectivity index (χ1n) is 11.3. The minimum Gasteiger partial charge on any atom is -0.368 e. The number of pyridine rings is 1. The van der Waals surface area contributed by atoms with Gasteiger partial charge in [-0.1, -0.05) is 11.8 Å². The second kappa shape index (κ2) is 11.0. The number of guanidine groups is 1. The van der Waals surface area contributed by atoms with E-state index in [1.807, 2.05) is 30.1 Å². The van der Waals surface area contributed by atoms with E-state index in [1.165, 1.54) is 0 Å². The quantitative estimate of drug-likeness (QED) is 0.179. The number of carbonyl (C=O) groups is 1. The van der Waals surface area contributed by atoms with Crippen LogP contribution in [0, 0.1) is 30.2 Å². The number of anilines is 2. The van der Waals surface area contributed by atoms with Gasteiger partial charge in [-0.2, -0.15) is 10.2 Å². The van der Waals surface area contributed by atoms with Gasteiger partial charge in [0.25, 0.3) is 0 Å². The van der Waals surface area contributed by atoms with E-state index in [9.17, 15) is 10.1 Å². The summed E-state index contributed by atoms with van der Waals surface area (Å²) in [5, 5.41) is 14.6. The monoisotopic (exact) mass is 473 g/mol.